The van der Waals surface area contributed by atoms with E-state index in [1.54, 1.807) is 24.7 Å². The molecule has 2 N–H and O–H groups in total. The Bertz CT molecular complexity index is 996. The number of sulfonamides is 1. The van der Waals surface area contributed by atoms with Gasteiger partial charge in [0.2, 0.25) is 0 Å². The number of hydrogen-bond donors (Lipinski definition) is 2. The van der Waals surface area contributed by atoms with Gasteiger partial charge in [0.15, 0.2) is 0 Å². The predicted molar refractivity (Wildman–Crippen MR) is 101 cm³/mol. The van der Waals surface area contributed by atoms with Crippen molar-refractivity contribution >= 4 is 21.5 Å². The normalized spacial score (nSPS) is 11.3. The first kappa shape index (κ1) is 17.9. The van der Waals surface area contributed by atoms with Gasteiger partial charge in [0.1, 0.15) is 10.7 Å². The van der Waals surface area contributed by atoms with E-state index in [4.69, 9.17) is 0 Å². The van der Waals surface area contributed by atoms with Crippen LogP contribution in [0.25, 0.3) is 0 Å². The van der Waals surface area contributed by atoms with Crippen molar-refractivity contribution in [2.45, 2.75) is 25.3 Å². The van der Waals surface area contributed by atoms with Gasteiger partial charge in [-0.1, -0.05) is 30.3 Å². The van der Waals surface area contributed by atoms with Gasteiger partial charge in [-0.15, -0.1) is 0 Å². The Morgan fingerprint density at radius 3 is 2.38 bits per heavy atom. The Morgan fingerprint density at radius 2 is 1.81 bits per heavy atom. The number of nitrogens with one attached hydrogen (secondary N) is 2. The SMILES string of the molecule is Cc1nn(C)c(C)c1NS(=O)(=O)c1ccc(NCc2ccccc2)nc1. The minimum atomic E-state index is -3.72. The number of nitrogens with zero attached hydrogens (tertiary/aromatic N) is 3. The fraction of sp³-hybridized carbons (Fsp3) is 0.222. The number of rotatable bonds is 6. The van der Waals surface area contributed by atoms with Crippen molar-refractivity contribution in [2.75, 3.05) is 10.0 Å². The Morgan fingerprint density at radius 1 is 1.08 bits per heavy atom. The summed E-state index contributed by atoms with van der Waals surface area (Å²) in [6.07, 6.45) is 1.34. The van der Waals surface area contributed by atoms with Crippen LogP contribution in [0.5, 0.6) is 0 Å². The van der Waals surface area contributed by atoms with E-state index in [2.05, 4.69) is 20.1 Å². The zero-order valence-corrected chi connectivity index (χ0v) is 15.7. The second-order valence-corrected chi connectivity index (χ2v) is 7.68. The first-order chi connectivity index (χ1) is 12.4. The summed E-state index contributed by atoms with van der Waals surface area (Å²) in [6.45, 7) is 4.19. The van der Waals surface area contributed by atoms with Crippen LogP contribution in [0, 0.1) is 13.8 Å². The van der Waals surface area contributed by atoms with Crippen molar-refractivity contribution in [1.29, 1.82) is 0 Å². The van der Waals surface area contributed by atoms with E-state index in [0.29, 0.717) is 23.7 Å². The molecule has 0 fully saturated rings. The highest BCUT2D eigenvalue weighted by Gasteiger charge is 2.19. The Hall–Kier alpha value is -2.87. The highest BCUT2D eigenvalue weighted by atomic mass is 32.2. The van der Waals surface area contributed by atoms with E-state index in [-0.39, 0.29) is 4.90 Å². The third-order valence-electron chi connectivity index (χ3n) is 4.11. The molecule has 0 aliphatic rings. The largest absolute Gasteiger partial charge is 0.366 e. The minimum Gasteiger partial charge on any atom is -0.366 e. The van der Waals surface area contributed by atoms with Crippen molar-refractivity contribution < 1.29 is 8.42 Å². The van der Waals surface area contributed by atoms with Crippen LogP contribution in [0.3, 0.4) is 0 Å². The zero-order chi connectivity index (χ0) is 18.7. The molecule has 0 aliphatic heterocycles. The fourth-order valence-corrected chi connectivity index (χ4v) is 3.67. The number of benzene rings is 1. The van der Waals surface area contributed by atoms with Gasteiger partial charge in [-0.25, -0.2) is 13.4 Å². The summed E-state index contributed by atoms with van der Waals surface area (Å²) in [5.41, 5.74) is 3.00. The molecule has 0 amide bonds. The number of aryl methyl sites for hydroxylation is 2. The summed E-state index contributed by atoms with van der Waals surface area (Å²) < 4.78 is 29.4. The molecule has 136 valence electrons. The van der Waals surface area contributed by atoms with Crippen molar-refractivity contribution in [1.82, 2.24) is 14.8 Å². The molecule has 0 aliphatic carbocycles. The van der Waals surface area contributed by atoms with E-state index in [9.17, 15) is 8.42 Å². The quantitative estimate of drug-likeness (QED) is 0.695. The summed E-state index contributed by atoms with van der Waals surface area (Å²) in [4.78, 5) is 4.30. The molecule has 26 heavy (non-hydrogen) atoms. The molecule has 7 nitrogen and oxygen atoms in total. The monoisotopic (exact) mass is 371 g/mol. The molecular weight excluding hydrogens is 350 g/mol. The molecule has 3 rings (SSSR count). The van der Waals surface area contributed by atoms with E-state index in [0.717, 1.165) is 11.3 Å². The van der Waals surface area contributed by atoms with E-state index in [1.165, 1.54) is 12.3 Å². The van der Waals surface area contributed by atoms with Gasteiger partial charge >= 0.3 is 0 Å². The van der Waals surface area contributed by atoms with Crippen LogP contribution in [0.4, 0.5) is 11.5 Å². The van der Waals surface area contributed by atoms with Gasteiger partial charge in [-0.3, -0.25) is 9.40 Å². The smallest absolute Gasteiger partial charge is 0.263 e. The molecule has 0 bridgehead atoms. The third-order valence-corrected chi connectivity index (χ3v) is 5.44. The first-order valence-electron chi connectivity index (χ1n) is 8.13. The third kappa shape index (κ3) is 3.85. The van der Waals surface area contributed by atoms with Gasteiger partial charge in [0.25, 0.3) is 10.0 Å². The maximum Gasteiger partial charge on any atom is 0.263 e. The molecule has 3 aromatic rings. The van der Waals surface area contributed by atoms with Crippen molar-refractivity contribution in [2.24, 2.45) is 7.05 Å². The molecule has 2 aromatic heterocycles. The van der Waals surface area contributed by atoms with Gasteiger partial charge in [0, 0.05) is 19.8 Å². The average Bonchev–Trinajstić information content (AvgIpc) is 2.87. The standard InChI is InChI=1S/C18H21N5O2S/c1-13-18(14(2)23(3)21-13)22-26(24,25)16-9-10-17(20-12-16)19-11-15-7-5-4-6-8-15/h4-10,12,22H,11H2,1-3H3,(H,19,20). The van der Waals surface area contributed by atoms with Gasteiger partial charge < -0.3 is 5.32 Å². The minimum absolute atomic E-state index is 0.102. The van der Waals surface area contributed by atoms with E-state index < -0.39 is 10.0 Å². The summed E-state index contributed by atoms with van der Waals surface area (Å²) >= 11 is 0. The molecular formula is C18H21N5O2S. The molecule has 0 saturated heterocycles. The lowest BCUT2D eigenvalue weighted by molar-refractivity contribution is 0.600. The molecule has 0 radical (unpaired) electrons. The lowest BCUT2D eigenvalue weighted by Gasteiger charge is -2.10. The second-order valence-electron chi connectivity index (χ2n) is 5.99. The number of pyridine rings is 1. The molecule has 1 aromatic carbocycles. The van der Waals surface area contributed by atoms with Crippen molar-refractivity contribution in [3.8, 4) is 0 Å². The number of hydrogen-bond acceptors (Lipinski definition) is 5. The van der Waals surface area contributed by atoms with Crippen LogP contribution in [-0.4, -0.2) is 23.2 Å². The number of aromatic nitrogens is 3. The summed E-state index contributed by atoms with van der Waals surface area (Å²) in [6, 6.07) is 13.1. The second kappa shape index (κ2) is 7.17. The van der Waals surface area contributed by atoms with E-state index >= 15 is 0 Å². The van der Waals surface area contributed by atoms with Gasteiger partial charge in [-0.05, 0) is 31.5 Å². The molecule has 0 unspecified atom stereocenters. The van der Waals surface area contributed by atoms with Crippen LogP contribution < -0.4 is 10.0 Å². The van der Waals surface area contributed by atoms with Crippen LogP contribution in [0.15, 0.2) is 53.6 Å². The topological polar surface area (TPSA) is 88.9 Å². The highest BCUT2D eigenvalue weighted by Crippen LogP contribution is 2.22. The average molecular weight is 371 g/mol. The molecule has 8 heteroatoms. The van der Waals surface area contributed by atoms with Gasteiger partial charge in [0.05, 0.1) is 17.1 Å². The van der Waals surface area contributed by atoms with Crippen LogP contribution >= 0.6 is 0 Å². The Labute approximate surface area is 153 Å². The lowest BCUT2D eigenvalue weighted by Crippen LogP contribution is -2.14. The fourth-order valence-electron chi connectivity index (χ4n) is 2.55. The lowest BCUT2D eigenvalue weighted by atomic mass is 10.2. The van der Waals surface area contributed by atoms with Crippen LogP contribution in [-0.2, 0) is 23.6 Å². The molecule has 0 saturated carbocycles. The maximum atomic E-state index is 12.6. The van der Waals surface area contributed by atoms with Gasteiger partial charge in [-0.2, -0.15) is 5.10 Å². The summed E-state index contributed by atoms with van der Waals surface area (Å²) in [5, 5.41) is 7.39. The molecule has 0 spiro atoms. The predicted octanol–water partition coefficient (Wildman–Crippen LogP) is 2.84. The molecule has 2 heterocycles. The van der Waals surface area contributed by atoms with E-state index in [1.807, 2.05) is 37.3 Å². The van der Waals surface area contributed by atoms with Crippen LogP contribution in [0.2, 0.25) is 0 Å². The Balaban J connectivity index is 1.72. The van der Waals surface area contributed by atoms with Crippen molar-refractivity contribution in [3.63, 3.8) is 0 Å². The highest BCUT2D eigenvalue weighted by molar-refractivity contribution is 7.92. The van der Waals surface area contributed by atoms with Crippen molar-refractivity contribution in [3.05, 3.63) is 65.6 Å². The zero-order valence-electron chi connectivity index (χ0n) is 14.9. The maximum absolute atomic E-state index is 12.6. The number of anilines is 2. The molecule has 0 atom stereocenters. The Kier molecular flexibility index (Phi) is 4.94. The summed E-state index contributed by atoms with van der Waals surface area (Å²) in [5.74, 6) is 0.613. The first-order valence-corrected chi connectivity index (χ1v) is 9.62. The summed E-state index contributed by atoms with van der Waals surface area (Å²) in [7, 11) is -1.95. The van der Waals surface area contributed by atoms with Crippen LogP contribution in [0.1, 0.15) is 17.0 Å².